The van der Waals surface area contributed by atoms with E-state index < -0.39 is 0 Å². The van der Waals surface area contributed by atoms with Gasteiger partial charge in [0.2, 0.25) is 11.8 Å². The van der Waals surface area contributed by atoms with Crippen LogP contribution in [0.3, 0.4) is 0 Å². The highest BCUT2D eigenvalue weighted by Gasteiger charge is 2.43. The van der Waals surface area contributed by atoms with Gasteiger partial charge in [-0.3, -0.25) is 9.59 Å². The maximum atomic E-state index is 12.5. The monoisotopic (exact) mass is 315 g/mol. The van der Waals surface area contributed by atoms with Crippen LogP contribution in [0.2, 0.25) is 0 Å². The summed E-state index contributed by atoms with van der Waals surface area (Å²) in [5, 5.41) is 2.92. The number of nitrogens with two attached hydrogens (primary N) is 1. The number of likely N-dealkylation sites (tertiary alicyclic amines) is 1. The summed E-state index contributed by atoms with van der Waals surface area (Å²) in [5.74, 6) is 0.742. The second-order valence-electron chi connectivity index (χ2n) is 6.93. The summed E-state index contributed by atoms with van der Waals surface area (Å²) in [6.45, 7) is 2.32. The number of rotatable bonds is 2. The summed E-state index contributed by atoms with van der Waals surface area (Å²) in [6.07, 6.45) is 6.54. The van der Waals surface area contributed by atoms with Gasteiger partial charge in [-0.15, -0.1) is 12.4 Å². The van der Waals surface area contributed by atoms with E-state index in [2.05, 4.69) is 5.32 Å². The summed E-state index contributed by atoms with van der Waals surface area (Å²) in [5.41, 5.74) is 6.07. The number of piperidine rings is 1. The van der Waals surface area contributed by atoms with E-state index in [1.807, 2.05) is 4.90 Å². The van der Waals surface area contributed by atoms with Crippen molar-refractivity contribution in [2.24, 2.45) is 17.1 Å². The third-order valence-corrected chi connectivity index (χ3v) is 5.36. The number of carbonyl (C=O) groups excluding carboxylic acids is 2. The van der Waals surface area contributed by atoms with Crippen LogP contribution in [0.15, 0.2) is 0 Å². The van der Waals surface area contributed by atoms with Gasteiger partial charge in [-0.2, -0.15) is 0 Å². The maximum Gasteiger partial charge on any atom is 0.222 e. The van der Waals surface area contributed by atoms with Crippen LogP contribution in [0.25, 0.3) is 0 Å². The van der Waals surface area contributed by atoms with Gasteiger partial charge in [0, 0.05) is 43.9 Å². The Balaban J connectivity index is 0.00000161. The fourth-order valence-corrected chi connectivity index (χ4v) is 4.13. The Morgan fingerprint density at radius 3 is 2.81 bits per heavy atom. The van der Waals surface area contributed by atoms with Crippen LogP contribution in [0, 0.1) is 11.3 Å². The molecule has 6 heteroatoms. The molecule has 2 heterocycles. The lowest BCUT2D eigenvalue weighted by atomic mass is 9.79. The summed E-state index contributed by atoms with van der Waals surface area (Å²) in [6, 6.07) is 0.201. The van der Waals surface area contributed by atoms with E-state index in [0.717, 1.165) is 51.7 Å². The fourth-order valence-electron chi connectivity index (χ4n) is 4.13. The van der Waals surface area contributed by atoms with Crippen molar-refractivity contribution in [3.05, 3.63) is 0 Å². The molecule has 5 nitrogen and oxygen atoms in total. The SMILES string of the molecule is Cl.N[C@@H]1CCC[C@H]1CC(=O)N1CCCC2(CNC(=O)C2)C1. The van der Waals surface area contributed by atoms with Gasteiger partial charge in [-0.05, 0) is 31.6 Å². The largest absolute Gasteiger partial charge is 0.355 e. The normalized spacial score (nSPS) is 35.7. The molecule has 0 bridgehead atoms. The van der Waals surface area contributed by atoms with Crippen molar-refractivity contribution < 1.29 is 9.59 Å². The van der Waals surface area contributed by atoms with E-state index in [-0.39, 0.29) is 35.7 Å². The topological polar surface area (TPSA) is 75.4 Å². The minimum Gasteiger partial charge on any atom is -0.355 e. The van der Waals surface area contributed by atoms with Crippen molar-refractivity contribution in [3.63, 3.8) is 0 Å². The van der Waals surface area contributed by atoms with Gasteiger partial charge in [0.15, 0.2) is 0 Å². The van der Waals surface area contributed by atoms with Gasteiger partial charge < -0.3 is 16.0 Å². The van der Waals surface area contributed by atoms with Crippen molar-refractivity contribution >= 4 is 24.2 Å². The van der Waals surface area contributed by atoms with E-state index in [9.17, 15) is 9.59 Å². The molecular formula is C15H26ClN3O2. The van der Waals surface area contributed by atoms with Crippen molar-refractivity contribution in [2.45, 2.75) is 51.0 Å². The van der Waals surface area contributed by atoms with Crippen molar-refractivity contribution in [3.8, 4) is 0 Å². The average molecular weight is 316 g/mol. The fraction of sp³-hybridized carbons (Fsp3) is 0.867. The molecule has 1 spiro atoms. The number of carbonyl (C=O) groups is 2. The average Bonchev–Trinajstić information content (AvgIpc) is 2.97. The van der Waals surface area contributed by atoms with E-state index in [1.54, 1.807) is 0 Å². The Bertz CT molecular complexity index is 418. The van der Waals surface area contributed by atoms with Crippen LogP contribution >= 0.6 is 12.4 Å². The lowest BCUT2D eigenvalue weighted by Crippen LogP contribution is -2.47. The van der Waals surface area contributed by atoms with Crippen LogP contribution < -0.4 is 11.1 Å². The van der Waals surface area contributed by atoms with E-state index in [0.29, 0.717) is 18.8 Å². The van der Waals surface area contributed by atoms with Crippen LogP contribution in [0.4, 0.5) is 0 Å². The van der Waals surface area contributed by atoms with Crippen molar-refractivity contribution in [2.75, 3.05) is 19.6 Å². The molecule has 2 aliphatic heterocycles. The molecule has 1 saturated carbocycles. The first-order valence-electron chi connectivity index (χ1n) is 7.88. The predicted molar refractivity (Wildman–Crippen MR) is 83.1 cm³/mol. The first kappa shape index (κ1) is 16.6. The molecule has 3 N–H and O–H groups in total. The molecular weight excluding hydrogens is 290 g/mol. The number of hydrogen-bond donors (Lipinski definition) is 2. The predicted octanol–water partition coefficient (Wildman–Crippen LogP) is 1.05. The molecule has 3 rings (SSSR count). The van der Waals surface area contributed by atoms with Crippen molar-refractivity contribution in [1.29, 1.82) is 0 Å². The number of nitrogens with zero attached hydrogens (tertiary/aromatic N) is 1. The first-order valence-corrected chi connectivity index (χ1v) is 7.88. The molecule has 3 atom stereocenters. The smallest absolute Gasteiger partial charge is 0.222 e. The number of amides is 2. The quantitative estimate of drug-likeness (QED) is 0.800. The van der Waals surface area contributed by atoms with Gasteiger partial charge >= 0.3 is 0 Å². The van der Waals surface area contributed by atoms with Gasteiger partial charge in [-0.1, -0.05) is 6.42 Å². The van der Waals surface area contributed by atoms with Gasteiger partial charge in [0.25, 0.3) is 0 Å². The molecule has 2 amide bonds. The third kappa shape index (κ3) is 3.51. The minimum atomic E-state index is 0. The Kier molecular flexibility index (Phi) is 5.15. The highest BCUT2D eigenvalue weighted by Crippen LogP contribution is 2.37. The highest BCUT2D eigenvalue weighted by molar-refractivity contribution is 5.85. The summed E-state index contributed by atoms with van der Waals surface area (Å²) in [4.78, 5) is 26.0. The van der Waals surface area contributed by atoms with E-state index >= 15 is 0 Å². The molecule has 3 fully saturated rings. The molecule has 0 aromatic rings. The molecule has 0 aromatic carbocycles. The molecule has 0 radical (unpaired) electrons. The Morgan fingerprint density at radius 2 is 2.19 bits per heavy atom. The highest BCUT2D eigenvalue weighted by atomic mass is 35.5. The van der Waals surface area contributed by atoms with Crippen LogP contribution in [-0.4, -0.2) is 42.4 Å². The first-order chi connectivity index (χ1) is 9.58. The number of nitrogens with one attached hydrogen (secondary N) is 1. The molecule has 1 aliphatic carbocycles. The third-order valence-electron chi connectivity index (χ3n) is 5.36. The van der Waals surface area contributed by atoms with Gasteiger partial charge in [0.05, 0.1) is 0 Å². The Morgan fingerprint density at radius 1 is 1.38 bits per heavy atom. The molecule has 2 saturated heterocycles. The zero-order valence-corrected chi connectivity index (χ0v) is 13.3. The van der Waals surface area contributed by atoms with E-state index in [4.69, 9.17) is 5.73 Å². The van der Waals surface area contributed by atoms with Crippen LogP contribution in [-0.2, 0) is 9.59 Å². The molecule has 0 aromatic heterocycles. The van der Waals surface area contributed by atoms with Gasteiger partial charge in [-0.25, -0.2) is 0 Å². The Labute approximate surface area is 132 Å². The summed E-state index contributed by atoms with van der Waals surface area (Å²) in [7, 11) is 0. The van der Waals surface area contributed by atoms with Crippen molar-refractivity contribution in [1.82, 2.24) is 10.2 Å². The van der Waals surface area contributed by atoms with Gasteiger partial charge in [0.1, 0.15) is 0 Å². The van der Waals surface area contributed by atoms with E-state index in [1.165, 1.54) is 0 Å². The lowest BCUT2D eigenvalue weighted by molar-refractivity contribution is -0.136. The second-order valence-corrected chi connectivity index (χ2v) is 6.93. The standard InChI is InChI=1S/C15H25N3O2.ClH/c16-12-4-1-3-11(12)7-14(20)18-6-2-5-15(10-18)8-13(19)17-9-15;/h11-12H,1-10,16H2,(H,17,19);1H/t11-,12+,15?;/m0./s1. The number of halogens is 1. The summed E-state index contributed by atoms with van der Waals surface area (Å²) < 4.78 is 0. The Hall–Kier alpha value is -0.810. The van der Waals surface area contributed by atoms with Crippen LogP contribution in [0.5, 0.6) is 0 Å². The minimum absolute atomic E-state index is 0. The molecule has 21 heavy (non-hydrogen) atoms. The lowest BCUT2D eigenvalue weighted by Gasteiger charge is -2.39. The maximum absolute atomic E-state index is 12.5. The second kappa shape index (κ2) is 6.53. The summed E-state index contributed by atoms with van der Waals surface area (Å²) >= 11 is 0. The molecule has 1 unspecified atom stereocenters. The molecule has 3 aliphatic rings. The van der Waals surface area contributed by atoms with Crippen LogP contribution in [0.1, 0.15) is 44.9 Å². The molecule has 120 valence electrons. The zero-order valence-electron chi connectivity index (χ0n) is 12.5. The number of hydrogen-bond acceptors (Lipinski definition) is 3. The zero-order chi connectivity index (χ0) is 14.2.